The summed E-state index contributed by atoms with van der Waals surface area (Å²) in [6.07, 6.45) is 1.08. The number of nitrogens with zero attached hydrogens (tertiary/aromatic N) is 1. The van der Waals surface area contributed by atoms with Crippen LogP contribution >= 0.6 is 0 Å². The largest absolute Gasteiger partial charge is 0.399 e. The number of carbonyl (C=O) groups excluding carboxylic acids is 2. The molecule has 0 spiro atoms. The van der Waals surface area contributed by atoms with Crippen molar-refractivity contribution in [3.8, 4) is 0 Å². The number of nitrogens with two attached hydrogens (primary N) is 1. The zero-order valence-corrected chi connectivity index (χ0v) is 11.6. The quantitative estimate of drug-likeness (QED) is 0.518. The molecule has 5 nitrogen and oxygen atoms in total. The van der Waals surface area contributed by atoms with Gasteiger partial charge < -0.3 is 11.1 Å². The highest BCUT2D eigenvalue weighted by molar-refractivity contribution is 6.07. The molecule has 0 unspecified atom stereocenters. The SMILES string of the molecule is C=CC(=O)Nc1cc(N)cc(C(=O)N(F)c2ccccc2)c1. The second-order valence-corrected chi connectivity index (χ2v) is 4.46. The van der Waals surface area contributed by atoms with Crippen molar-refractivity contribution in [3.63, 3.8) is 0 Å². The van der Waals surface area contributed by atoms with Crippen molar-refractivity contribution in [2.24, 2.45) is 0 Å². The van der Waals surface area contributed by atoms with E-state index in [1.807, 2.05) is 0 Å². The third-order valence-electron chi connectivity index (χ3n) is 2.82. The zero-order valence-electron chi connectivity index (χ0n) is 11.6. The van der Waals surface area contributed by atoms with Crippen LogP contribution in [0.4, 0.5) is 21.5 Å². The van der Waals surface area contributed by atoms with Crippen LogP contribution in [0.15, 0.2) is 61.2 Å². The number of benzene rings is 2. The van der Waals surface area contributed by atoms with E-state index in [2.05, 4.69) is 11.9 Å². The molecule has 0 aliphatic carbocycles. The molecule has 0 fully saturated rings. The van der Waals surface area contributed by atoms with Gasteiger partial charge in [-0.1, -0.05) is 29.3 Å². The smallest absolute Gasteiger partial charge is 0.286 e. The van der Waals surface area contributed by atoms with Crippen LogP contribution in [0.2, 0.25) is 0 Å². The van der Waals surface area contributed by atoms with Gasteiger partial charge in [0, 0.05) is 16.9 Å². The number of nitrogens with one attached hydrogen (secondary N) is 1. The Morgan fingerprint density at radius 1 is 1.18 bits per heavy atom. The Labute approximate surface area is 126 Å². The van der Waals surface area contributed by atoms with Crippen LogP contribution in [0.3, 0.4) is 0 Å². The highest BCUT2D eigenvalue weighted by Crippen LogP contribution is 2.22. The molecule has 0 aliphatic heterocycles. The Kier molecular flexibility index (Phi) is 4.53. The first kappa shape index (κ1) is 15.2. The van der Waals surface area contributed by atoms with Gasteiger partial charge in [0.1, 0.15) is 0 Å². The summed E-state index contributed by atoms with van der Waals surface area (Å²) in [5.41, 5.74) is 6.32. The van der Waals surface area contributed by atoms with Crippen molar-refractivity contribution in [2.45, 2.75) is 0 Å². The number of para-hydroxylation sites is 1. The van der Waals surface area contributed by atoms with Crippen LogP contribution in [0.1, 0.15) is 10.4 Å². The van der Waals surface area contributed by atoms with Crippen LogP contribution in [-0.2, 0) is 4.79 Å². The number of nitrogen functional groups attached to an aromatic ring is 1. The first-order valence-electron chi connectivity index (χ1n) is 6.40. The number of amides is 2. The van der Waals surface area contributed by atoms with Crippen LogP contribution in [0.5, 0.6) is 0 Å². The van der Waals surface area contributed by atoms with E-state index in [9.17, 15) is 14.1 Å². The lowest BCUT2D eigenvalue weighted by molar-refractivity contribution is -0.111. The van der Waals surface area contributed by atoms with Crippen molar-refractivity contribution < 1.29 is 14.1 Å². The van der Waals surface area contributed by atoms with Gasteiger partial charge in [0.2, 0.25) is 5.91 Å². The first-order chi connectivity index (χ1) is 10.5. The van der Waals surface area contributed by atoms with E-state index in [1.165, 1.54) is 30.3 Å². The van der Waals surface area contributed by atoms with Gasteiger partial charge in [-0.3, -0.25) is 9.59 Å². The fourth-order valence-corrected chi connectivity index (χ4v) is 1.83. The van der Waals surface area contributed by atoms with Gasteiger partial charge in [0.25, 0.3) is 5.91 Å². The van der Waals surface area contributed by atoms with Crippen LogP contribution in [-0.4, -0.2) is 11.8 Å². The lowest BCUT2D eigenvalue weighted by atomic mass is 10.1. The highest BCUT2D eigenvalue weighted by atomic mass is 19.2. The third-order valence-corrected chi connectivity index (χ3v) is 2.82. The summed E-state index contributed by atoms with van der Waals surface area (Å²) in [4.78, 5) is 23.5. The van der Waals surface area contributed by atoms with Crippen LogP contribution in [0.25, 0.3) is 0 Å². The Bertz CT molecular complexity index is 717. The van der Waals surface area contributed by atoms with E-state index in [0.717, 1.165) is 6.08 Å². The fourth-order valence-electron chi connectivity index (χ4n) is 1.83. The molecule has 0 atom stereocenters. The molecule has 22 heavy (non-hydrogen) atoms. The van der Waals surface area contributed by atoms with E-state index in [0.29, 0.717) is 0 Å². The molecule has 0 bridgehead atoms. The molecule has 6 heteroatoms. The average Bonchev–Trinajstić information content (AvgIpc) is 2.53. The maximum atomic E-state index is 14.1. The lowest BCUT2D eigenvalue weighted by Gasteiger charge is -2.13. The predicted molar refractivity (Wildman–Crippen MR) is 84.0 cm³/mol. The minimum Gasteiger partial charge on any atom is -0.399 e. The van der Waals surface area contributed by atoms with Crippen molar-refractivity contribution >= 4 is 28.9 Å². The van der Waals surface area contributed by atoms with Gasteiger partial charge in [0.05, 0.1) is 5.69 Å². The molecule has 2 amide bonds. The Morgan fingerprint density at radius 2 is 1.86 bits per heavy atom. The van der Waals surface area contributed by atoms with Gasteiger partial charge in [-0.25, -0.2) is 0 Å². The van der Waals surface area contributed by atoms with Crippen molar-refractivity contribution in [1.29, 1.82) is 0 Å². The van der Waals surface area contributed by atoms with Crippen LogP contribution < -0.4 is 16.2 Å². The summed E-state index contributed by atoms with van der Waals surface area (Å²) < 4.78 is 14.1. The maximum Gasteiger partial charge on any atom is 0.286 e. The summed E-state index contributed by atoms with van der Waals surface area (Å²) in [7, 11) is 0. The second kappa shape index (κ2) is 6.53. The van der Waals surface area contributed by atoms with Gasteiger partial charge in [0.15, 0.2) is 0 Å². The van der Waals surface area contributed by atoms with Gasteiger partial charge >= 0.3 is 0 Å². The topological polar surface area (TPSA) is 75.4 Å². The van der Waals surface area contributed by atoms with Crippen molar-refractivity contribution in [1.82, 2.24) is 0 Å². The summed E-state index contributed by atoms with van der Waals surface area (Å²) in [5.74, 6) is -1.34. The van der Waals surface area contributed by atoms with E-state index in [4.69, 9.17) is 5.73 Å². The summed E-state index contributed by atoms with van der Waals surface area (Å²) >= 11 is 0. The Balaban J connectivity index is 2.29. The highest BCUT2D eigenvalue weighted by Gasteiger charge is 2.18. The normalized spacial score (nSPS) is 9.86. The number of hydrogen-bond acceptors (Lipinski definition) is 3. The average molecular weight is 299 g/mol. The molecule has 2 aromatic carbocycles. The molecule has 112 valence electrons. The third kappa shape index (κ3) is 3.49. The van der Waals surface area contributed by atoms with Gasteiger partial charge in [-0.2, -0.15) is 0 Å². The monoisotopic (exact) mass is 299 g/mol. The summed E-state index contributed by atoms with van der Waals surface area (Å²) in [5, 5.41) is 2.50. The molecule has 0 aliphatic rings. The summed E-state index contributed by atoms with van der Waals surface area (Å²) in [6, 6.07) is 12.0. The fraction of sp³-hybridized carbons (Fsp3) is 0. The molecule has 3 N–H and O–H groups in total. The van der Waals surface area contributed by atoms with Crippen molar-refractivity contribution in [2.75, 3.05) is 16.2 Å². The Morgan fingerprint density at radius 3 is 2.50 bits per heavy atom. The molecule has 2 rings (SSSR count). The van der Waals surface area contributed by atoms with E-state index in [1.54, 1.807) is 18.2 Å². The number of halogens is 1. The molecule has 0 saturated carbocycles. The Hall–Kier alpha value is -3.15. The van der Waals surface area contributed by atoms with E-state index in [-0.39, 0.29) is 27.7 Å². The maximum absolute atomic E-state index is 14.1. The van der Waals surface area contributed by atoms with Crippen molar-refractivity contribution in [3.05, 3.63) is 66.7 Å². The van der Waals surface area contributed by atoms with Gasteiger partial charge in [-0.05, 0) is 36.4 Å². The molecule has 2 aromatic rings. The molecular formula is C16H14FN3O2. The number of anilines is 3. The molecule has 0 radical (unpaired) electrons. The number of carbonyl (C=O) groups is 2. The standard InChI is InChI=1S/C16H14FN3O2/c1-2-15(21)19-13-9-11(8-12(18)10-13)16(22)20(17)14-6-4-3-5-7-14/h2-10H,1,18H2,(H,19,21). The molecule has 0 heterocycles. The number of rotatable bonds is 4. The molecule has 0 saturated heterocycles. The second-order valence-electron chi connectivity index (χ2n) is 4.46. The minimum atomic E-state index is -0.882. The lowest BCUT2D eigenvalue weighted by Crippen LogP contribution is -2.22. The molecule has 0 aromatic heterocycles. The summed E-state index contributed by atoms with van der Waals surface area (Å²) in [6.45, 7) is 3.33. The zero-order chi connectivity index (χ0) is 16.1. The molecular weight excluding hydrogens is 285 g/mol. The van der Waals surface area contributed by atoms with E-state index >= 15 is 0 Å². The van der Waals surface area contributed by atoms with Gasteiger partial charge in [-0.15, -0.1) is 5.12 Å². The first-order valence-corrected chi connectivity index (χ1v) is 6.40. The number of hydrogen-bond donors (Lipinski definition) is 2. The van der Waals surface area contributed by atoms with E-state index < -0.39 is 11.8 Å². The predicted octanol–water partition coefficient (Wildman–Crippen LogP) is 2.92. The minimum absolute atomic E-state index is 0.0192. The van der Waals surface area contributed by atoms with Crippen LogP contribution in [0, 0.1) is 0 Å².